The third-order valence-electron chi connectivity index (χ3n) is 3.21. The van der Waals surface area contributed by atoms with Gasteiger partial charge in [0.05, 0.1) is 26.9 Å². The molecule has 0 fully saturated rings. The third-order valence-corrected chi connectivity index (χ3v) is 3.21. The summed E-state index contributed by atoms with van der Waals surface area (Å²) >= 11 is 0. The first kappa shape index (κ1) is 16.1. The molecule has 1 aromatic carbocycles. The topological polar surface area (TPSA) is 63.5 Å². The molecule has 20 heavy (non-hydrogen) atoms. The molecule has 0 radical (unpaired) electrons. The second-order valence-electron chi connectivity index (χ2n) is 4.69. The summed E-state index contributed by atoms with van der Waals surface area (Å²) in [6.07, 6.45) is 1.51. The summed E-state index contributed by atoms with van der Waals surface area (Å²) in [6, 6.07) is 7.67. The van der Waals surface area contributed by atoms with E-state index in [1.54, 1.807) is 27.3 Å². The Bertz CT molecular complexity index is 448. The van der Waals surface area contributed by atoms with Crippen molar-refractivity contribution in [2.75, 3.05) is 27.9 Å². The molecule has 0 aliphatic rings. The molecule has 5 heteroatoms. The summed E-state index contributed by atoms with van der Waals surface area (Å²) in [7, 11) is 4.99. The van der Waals surface area contributed by atoms with Crippen LogP contribution in [-0.2, 0) is 0 Å². The van der Waals surface area contributed by atoms with Gasteiger partial charge in [0.25, 0.3) is 0 Å². The SMILES string of the molecule is CNC(C)(C#N)CCCOc1cc(OC)cc(OC)c1. The minimum atomic E-state index is -0.505. The molecular formula is C15H22N2O3. The van der Waals surface area contributed by atoms with E-state index in [9.17, 15) is 0 Å². The van der Waals surface area contributed by atoms with E-state index in [4.69, 9.17) is 19.5 Å². The van der Waals surface area contributed by atoms with Gasteiger partial charge in [-0.1, -0.05) is 0 Å². The predicted molar refractivity (Wildman–Crippen MR) is 77.4 cm³/mol. The molecule has 0 aliphatic heterocycles. The first-order chi connectivity index (χ1) is 9.56. The van der Waals surface area contributed by atoms with Gasteiger partial charge in [-0.2, -0.15) is 5.26 Å². The van der Waals surface area contributed by atoms with Crippen LogP contribution >= 0.6 is 0 Å². The van der Waals surface area contributed by atoms with Crippen molar-refractivity contribution in [3.8, 4) is 23.3 Å². The second kappa shape index (κ2) is 7.61. The monoisotopic (exact) mass is 278 g/mol. The molecule has 1 aromatic rings. The Morgan fingerprint density at radius 1 is 1.15 bits per heavy atom. The fraction of sp³-hybridized carbons (Fsp3) is 0.533. The Balaban J connectivity index is 2.52. The maximum Gasteiger partial charge on any atom is 0.126 e. The van der Waals surface area contributed by atoms with Crippen molar-refractivity contribution < 1.29 is 14.2 Å². The lowest BCUT2D eigenvalue weighted by molar-refractivity contribution is 0.285. The fourth-order valence-corrected chi connectivity index (χ4v) is 1.72. The van der Waals surface area contributed by atoms with E-state index in [0.717, 1.165) is 12.8 Å². The first-order valence-corrected chi connectivity index (χ1v) is 6.53. The van der Waals surface area contributed by atoms with E-state index in [-0.39, 0.29) is 0 Å². The van der Waals surface area contributed by atoms with Gasteiger partial charge in [0.15, 0.2) is 0 Å². The molecule has 0 heterocycles. The molecule has 5 nitrogen and oxygen atoms in total. The van der Waals surface area contributed by atoms with Gasteiger partial charge in [0.2, 0.25) is 0 Å². The highest BCUT2D eigenvalue weighted by Crippen LogP contribution is 2.27. The zero-order valence-corrected chi connectivity index (χ0v) is 12.5. The lowest BCUT2D eigenvalue weighted by Gasteiger charge is -2.20. The highest BCUT2D eigenvalue weighted by molar-refractivity contribution is 5.41. The number of ether oxygens (including phenoxy) is 3. The Hall–Kier alpha value is -1.93. The number of nitrogens with zero attached hydrogens (tertiary/aromatic N) is 1. The predicted octanol–water partition coefficient (Wildman–Crippen LogP) is 2.36. The van der Waals surface area contributed by atoms with Crippen LogP contribution in [0.3, 0.4) is 0 Å². The van der Waals surface area contributed by atoms with E-state index in [1.807, 2.05) is 19.1 Å². The smallest absolute Gasteiger partial charge is 0.126 e. The van der Waals surface area contributed by atoms with Crippen molar-refractivity contribution in [3.63, 3.8) is 0 Å². The Labute approximate surface area is 120 Å². The summed E-state index contributed by atoms with van der Waals surface area (Å²) < 4.78 is 16.0. The lowest BCUT2D eigenvalue weighted by Crippen LogP contribution is -2.38. The van der Waals surface area contributed by atoms with Gasteiger partial charge in [-0.15, -0.1) is 0 Å². The van der Waals surface area contributed by atoms with Crippen LogP contribution in [0.15, 0.2) is 18.2 Å². The number of nitrogens with one attached hydrogen (secondary N) is 1. The van der Waals surface area contributed by atoms with Gasteiger partial charge in [0, 0.05) is 18.2 Å². The van der Waals surface area contributed by atoms with E-state index >= 15 is 0 Å². The van der Waals surface area contributed by atoms with Gasteiger partial charge in [-0.05, 0) is 26.8 Å². The standard InChI is InChI=1S/C15H22N2O3/c1-15(11-16,17-2)6-5-7-20-14-9-12(18-3)8-13(10-14)19-4/h8-10,17H,5-7H2,1-4H3. The van der Waals surface area contributed by atoms with E-state index in [2.05, 4.69) is 11.4 Å². The van der Waals surface area contributed by atoms with Crippen molar-refractivity contribution in [3.05, 3.63) is 18.2 Å². The maximum absolute atomic E-state index is 9.05. The number of rotatable bonds is 8. The summed E-state index contributed by atoms with van der Waals surface area (Å²) in [4.78, 5) is 0. The van der Waals surface area contributed by atoms with Gasteiger partial charge in [-0.3, -0.25) is 0 Å². The molecule has 0 amide bonds. The van der Waals surface area contributed by atoms with Crippen LogP contribution in [0.5, 0.6) is 17.2 Å². The molecule has 0 bridgehead atoms. The van der Waals surface area contributed by atoms with Crippen molar-refractivity contribution in [1.29, 1.82) is 5.26 Å². The highest BCUT2D eigenvalue weighted by Gasteiger charge is 2.20. The van der Waals surface area contributed by atoms with Crippen LogP contribution in [0.25, 0.3) is 0 Å². The molecule has 0 spiro atoms. The second-order valence-corrected chi connectivity index (χ2v) is 4.69. The molecule has 110 valence electrons. The van der Waals surface area contributed by atoms with E-state index in [0.29, 0.717) is 23.9 Å². The van der Waals surface area contributed by atoms with E-state index in [1.165, 1.54) is 0 Å². The van der Waals surface area contributed by atoms with Crippen LogP contribution in [0.4, 0.5) is 0 Å². The first-order valence-electron chi connectivity index (χ1n) is 6.53. The van der Waals surface area contributed by atoms with Crippen LogP contribution in [0.1, 0.15) is 19.8 Å². The Morgan fingerprint density at radius 3 is 2.15 bits per heavy atom. The van der Waals surface area contributed by atoms with Crippen LogP contribution < -0.4 is 19.5 Å². The zero-order chi connectivity index (χ0) is 15.0. The number of hydrogen-bond donors (Lipinski definition) is 1. The molecule has 0 aliphatic carbocycles. The van der Waals surface area contributed by atoms with Crippen molar-refractivity contribution in [2.24, 2.45) is 0 Å². The molecule has 1 rings (SSSR count). The normalized spacial score (nSPS) is 13.2. The quantitative estimate of drug-likeness (QED) is 0.740. The van der Waals surface area contributed by atoms with Crippen molar-refractivity contribution >= 4 is 0 Å². The summed E-state index contributed by atoms with van der Waals surface area (Å²) in [5.74, 6) is 2.08. The van der Waals surface area contributed by atoms with Gasteiger partial charge >= 0.3 is 0 Å². The molecule has 1 atom stereocenters. The number of hydrogen-bond acceptors (Lipinski definition) is 5. The van der Waals surface area contributed by atoms with Gasteiger partial charge in [-0.25, -0.2) is 0 Å². The highest BCUT2D eigenvalue weighted by atomic mass is 16.5. The van der Waals surface area contributed by atoms with Crippen LogP contribution in [-0.4, -0.2) is 33.4 Å². The van der Waals surface area contributed by atoms with Gasteiger partial charge < -0.3 is 19.5 Å². The molecule has 1 N–H and O–H groups in total. The van der Waals surface area contributed by atoms with Crippen molar-refractivity contribution in [2.45, 2.75) is 25.3 Å². The molecule has 0 saturated carbocycles. The number of methoxy groups -OCH3 is 2. The number of benzene rings is 1. The molecule has 0 aromatic heterocycles. The van der Waals surface area contributed by atoms with Crippen LogP contribution in [0.2, 0.25) is 0 Å². The average Bonchev–Trinajstić information content (AvgIpc) is 2.50. The molecule has 1 unspecified atom stereocenters. The Kier molecular flexibility index (Phi) is 6.13. The largest absolute Gasteiger partial charge is 0.496 e. The summed E-state index contributed by atoms with van der Waals surface area (Å²) in [5.41, 5.74) is -0.505. The maximum atomic E-state index is 9.05. The van der Waals surface area contributed by atoms with Crippen LogP contribution in [0, 0.1) is 11.3 Å². The minimum Gasteiger partial charge on any atom is -0.496 e. The average molecular weight is 278 g/mol. The zero-order valence-electron chi connectivity index (χ0n) is 12.5. The lowest BCUT2D eigenvalue weighted by atomic mass is 9.98. The minimum absolute atomic E-state index is 0.505. The molecule has 0 saturated heterocycles. The van der Waals surface area contributed by atoms with E-state index < -0.39 is 5.54 Å². The number of nitriles is 1. The third kappa shape index (κ3) is 4.63. The summed E-state index contributed by atoms with van der Waals surface area (Å²) in [5, 5.41) is 12.1. The molecular weight excluding hydrogens is 256 g/mol. The van der Waals surface area contributed by atoms with Gasteiger partial charge in [0.1, 0.15) is 22.8 Å². The summed E-state index contributed by atoms with van der Waals surface area (Å²) in [6.45, 7) is 2.41. The Morgan fingerprint density at radius 2 is 1.70 bits per heavy atom. The fourth-order valence-electron chi connectivity index (χ4n) is 1.72. The van der Waals surface area contributed by atoms with Crippen molar-refractivity contribution in [1.82, 2.24) is 5.32 Å².